The molecule has 2 aliphatic rings. The quantitative estimate of drug-likeness (QED) is 0.687. The van der Waals surface area contributed by atoms with Gasteiger partial charge in [-0.2, -0.15) is 0 Å². The van der Waals surface area contributed by atoms with E-state index in [0.717, 1.165) is 0 Å². The smallest absolute Gasteiger partial charge is 0.325 e. The third-order valence-corrected chi connectivity index (χ3v) is 3.33. The van der Waals surface area contributed by atoms with E-state index in [4.69, 9.17) is 9.47 Å². The maximum absolute atomic E-state index is 12.1. The third-order valence-electron chi connectivity index (χ3n) is 3.33. The first-order chi connectivity index (χ1) is 8.54. The van der Waals surface area contributed by atoms with Crippen LogP contribution in [-0.2, 0) is 9.47 Å². The Kier molecular flexibility index (Phi) is 3.31. The van der Waals surface area contributed by atoms with E-state index in [-0.39, 0.29) is 37.9 Å². The van der Waals surface area contributed by atoms with E-state index >= 15 is 0 Å². The van der Waals surface area contributed by atoms with Crippen molar-refractivity contribution in [2.24, 2.45) is 0 Å². The third kappa shape index (κ3) is 1.60. The predicted molar refractivity (Wildman–Crippen MR) is 61.3 cm³/mol. The number of fused-ring (bicyclic) bond motifs is 1. The number of ether oxygens (including phenoxy) is 2. The normalized spacial score (nSPS) is 27.6. The van der Waals surface area contributed by atoms with Gasteiger partial charge in [0, 0.05) is 28.3 Å². The van der Waals surface area contributed by atoms with Gasteiger partial charge in [-0.1, -0.05) is 0 Å². The van der Waals surface area contributed by atoms with Crippen molar-refractivity contribution in [3.8, 4) is 0 Å². The number of hydrogen-bond donors (Lipinski definition) is 0. The fourth-order valence-corrected chi connectivity index (χ4v) is 2.55. The van der Waals surface area contributed by atoms with Gasteiger partial charge in [0.1, 0.15) is 19.6 Å². The molecule has 4 amide bonds. The van der Waals surface area contributed by atoms with Crippen molar-refractivity contribution in [3.05, 3.63) is 0 Å². The zero-order valence-corrected chi connectivity index (χ0v) is 11.0. The zero-order valence-electron chi connectivity index (χ0n) is 11.0. The molecule has 8 nitrogen and oxygen atoms in total. The largest absolute Gasteiger partial charge is 0.364 e. The molecule has 2 saturated heterocycles. The first-order valence-electron chi connectivity index (χ1n) is 5.59. The van der Waals surface area contributed by atoms with Crippen molar-refractivity contribution < 1.29 is 19.1 Å². The van der Waals surface area contributed by atoms with Crippen molar-refractivity contribution >= 4 is 12.1 Å². The fraction of sp³-hybridized carbons (Fsp3) is 0.800. The van der Waals surface area contributed by atoms with Gasteiger partial charge in [-0.3, -0.25) is 9.80 Å². The number of methoxy groups -OCH3 is 2. The van der Waals surface area contributed by atoms with Crippen molar-refractivity contribution in [3.63, 3.8) is 0 Å². The highest BCUT2D eigenvalue weighted by Gasteiger charge is 2.56. The molecular formula is C10H18N4O4. The lowest BCUT2D eigenvalue weighted by Crippen LogP contribution is -2.47. The molecule has 8 heteroatoms. The van der Waals surface area contributed by atoms with E-state index in [9.17, 15) is 9.59 Å². The Morgan fingerprint density at radius 3 is 1.61 bits per heavy atom. The van der Waals surface area contributed by atoms with Crippen LogP contribution in [0.3, 0.4) is 0 Å². The number of rotatable bonds is 4. The van der Waals surface area contributed by atoms with Crippen LogP contribution in [0.25, 0.3) is 0 Å². The lowest BCUT2D eigenvalue weighted by molar-refractivity contribution is -0.00205. The van der Waals surface area contributed by atoms with Crippen LogP contribution < -0.4 is 0 Å². The molecule has 0 atom stereocenters. The van der Waals surface area contributed by atoms with Gasteiger partial charge in [0.2, 0.25) is 0 Å². The minimum atomic E-state index is -0.375. The lowest BCUT2D eigenvalue weighted by Gasteiger charge is -2.27. The molecule has 2 heterocycles. The van der Waals surface area contributed by atoms with Gasteiger partial charge >= 0.3 is 12.1 Å². The van der Waals surface area contributed by atoms with E-state index in [0.29, 0.717) is 0 Å². The minimum absolute atomic E-state index is 0.145. The van der Waals surface area contributed by atoms with E-state index < -0.39 is 0 Å². The molecule has 0 radical (unpaired) electrons. The molecule has 0 saturated carbocycles. The molecule has 0 N–H and O–H groups in total. The number of hydrogen-bond acceptors (Lipinski definition) is 4. The maximum atomic E-state index is 12.1. The first-order valence-corrected chi connectivity index (χ1v) is 5.59. The van der Waals surface area contributed by atoms with Gasteiger partial charge in [-0.15, -0.1) is 0 Å². The van der Waals surface area contributed by atoms with E-state index in [2.05, 4.69) is 0 Å². The molecule has 102 valence electrons. The van der Waals surface area contributed by atoms with Crippen molar-refractivity contribution in [1.29, 1.82) is 0 Å². The second-order valence-electron chi connectivity index (χ2n) is 4.39. The predicted octanol–water partition coefficient (Wildman–Crippen LogP) is -0.419. The number of likely N-dealkylation sites (N-methyl/N-ethyl adjacent to an activating group) is 2. The average molecular weight is 258 g/mol. The number of nitrogens with zero attached hydrogens (tertiary/aromatic N) is 4. The van der Waals surface area contributed by atoms with Crippen LogP contribution in [0.4, 0.5) is 9.59 Å². The first kappa shape index (κ1) is 12.9. The molecule has 0 aromatic rings. The summed E-state index contributed by atoms with van der Waals surface area (Å²) in [6.07, 6.45) is -0.685. The SMILES string of the molecule is COCN1C(=O)N(C)C2C1N(COC)C(=O)N2C. The van der Waals surface area contributed by atoms with Crippen LogP contribution in [0, 0.1) is 0 Å². The number of carbonyl (C=O) groups is 2. The summed E-state index contributed by atoms with van der Waals surface area (Å²) in [7, 11) is 6.38. The summed E-state index contributed by atoms with van der Waals surface area (Å²) in [6, 6.07) is -0.320. The van der Waals surface area contributed by atoms with Gasteiger partial charge < -0.3 is 19.3 Å². The van der Waals surface area contributed by atoms with E-state index in [1.807, 2.05) is 0 Å². The Morgan fingerprint density at radius 2 is 1.28 bits per heavy atom. The summed E-state index contributed by atoms with van der Waals surface area (Å²) in [5.74, 6) is 0. The number of urea groups is 2. The maximum Gasteiger partial charge on any atom is 0.325 e. The lowest BCUT2D eigenvalue weighted by atomic mass is 10.3. The molecule has 0 unspecified atom stereocenters. The van der Waals surface area contributed by atoms with Crippen molar-refractivity contribution in [1.82, 2.24) is 19.6 Å². The number of amides is 4. The highest BCUT2D eigenvalue weighted by atomic mass is 16.5. The molecule has 0 spiro atoms. The summed E-state index contributed by atoms with van der Waals surface area (Å²) in [6.45, 7) is 0.289. The Hall–Kier alpha value is -1.54. The van der Waals surface area contributed by atoms with Crippen molar-refractivity contribution in [2.75, 3.05) is 41.8 Å². The van der Waals surface area contributed by atoms with Crippen LogP contribution in [-0.4, -0.2) is 85.8 Å². The van der Waals surface area contributed by atoms with Crippen LogP contribution in [0.15, 0.2) is 0 Å². The molecule has 0 bridgehead atoms. The Bertz CT molecular complexity index is 332. The fourth-order valence-electron chi connectivity index (χ4n) is 2.55. The Labute approximate surface area is 106 Å². The highest BCUT2D eigenvalue weighted by molar-refractivity contribution is 5.84. The van der Waals surface area contributed by atoms with Crippen LogP contribution in [0.1, 0.15) is 0 Å². The number of carbonyl (C=O) groups excluding carboxylic acids is 2. The second-order valence-corrected chi connectivity index (χ2v) is 4.39. The molecular weight excluding hydrogens is 240 g/mol. The second kappa shape index (κ2) is 4.62. The Morgan fingerprint density at radius 1 is 0.889 bits per heavy atom. The highest BCUT2D eigenvalue weighted by Crippen LogP contribution is 2.32. The van der Waals surface area contributed by atoms with Crippen LogP contribution >= 0.6 is 0 Å². The van der Waals surface area contributed by atoms with Crippen LogP contribution in [0.2, 0.25) is 0 Å². The standard InChI is InChI=1S/C10H18N4O4/c1-11-7-8(13(5-17-3)9(11)15)14(6-18-4)10(16)12(7)2/h7-8H,5-6H2,1-4H3. The summed E-state index contributed by atoms with van der Waals surface area (Å²) in [4.78, 5) is 30.3. The summed E-state index contributed by atoms with van der Waals surface area (Å²) in [5, 5.41) is 0. The summed E-state index contributed by atoms with van der Waals surface area (Å²) < 4.78 is 10.1. The van der Waals surface area contributed by atoms with Gasteiger partial charge in [-0.25, -0.2) is 9.59 Å². The molecule has 2 fully saturated rings. The minimum Gasteiger partial charge on any atom is -0.364 e. The van der Waals surface area contributed by atoms with Crippen molar-refractivity contribution in [2.45, 2.75) is 12.3 Å². The van der Waals surface area contributed by atoms with Gasteiger partial charge in [-0.05, 0) is 0 Å². The average Bonchev–Trinajstić information content (AvgIpc) is 2.73. The molecule has 0 aromatic carbocycles. The van der Waals surface area contributed by atoms with Crippen LogP contribution in [0.5, 0.6) is 0 Å². The van der Waals surface area contributed by atoms with Gasteiger partial charge in [0.05, 0.1) is 0 Å². The zero-order chi connectivity index (χ0) is 13.4. The molecule has 0 aromatic heterocycles. The summed E-state index contributed by atoms with van der Waals surface area (Å²) >= 11 is 0. The molecule has 18 heavy (non-hydrogen) atoms. The Balaban J connectivity index is 2.31. The molecule has 2 rings (SSSR count). The van der Waals surface area contributed by atoms with E-state index in [1.165, 1.54) is 33.8 Å². The topological polar surface area (TPSA) is 65.6 Å². The summed E-state index contributed by atoms with van der Waals surface area (Å²) in [5.41, 5.74) is 0. The van der Waals surface area contributed by atoms with Gasteiger partial charge in [0.25, 0.3) is 0 Å². The molecule has 2 aliphatic heterocycles. The molecule has 0 aliphatic carbocycles. The van der Waals surface area contributed by atoms with E-state index in [1.54, 1.807) is 14.1 Å². The monoisotopic (exact) mass is 258 g/mol. The van der Waals surface area contributed by atoms with Gasteiger partial charge in [0.15, 0.2) is 6.17 Å².